The largest absolute Gasteiger partial charge is 0.493 e. The van der Waals surface area contributed by atoms with E-state index >= 15 is 0 Å². The highest BCUT2D eigenvalue weighted by molar-refractivity contribution is 7.13. The third kappa shape index (κ3) is 3.49. The average Bonchev–Trinajstić information content (AvgIpc) is 3.66. The predicted octanol–water partition coefficient (Wildman–Crippen LogP) is 6.08. The molecule has 4 heterocycles. The van der Waals surface area contributed by atoms with Crippen LogP contribution in [0.3, 0.4) is 0 Å². The number of ether oxygens (including phenoxy) is 2. The third-order valence-corrected chi connectivity index (χ3v) is 8.01. The van der Waals surface area contributed by atoms with Gasteiger partial charge in [-0.1, -0.05) is 35.9 Å². The smallest absolute Gasteiger partial charge is 0.161 e. The highest BCUT2D eigenvalue weighted by atomic mass is 32.1. The zero-order chi connectivity index (χ0) is 24.8. The first-order valence-electron chi connectivity index (χ1n) is 12.0. The summed E-state index contributed by atoms with van der Waals surface area (Å²) in [7, 11) is 3.29. The summed E-state index contributed by atoms with van der Waals surface area (Å²) < 4.78 is 13.5. The Balaban J connectivity index is 1.53. The zero-order valence-electron chi connectivity index (χ0n) is 20.5. The Bertz CT molecular complexity index is 1530. The van der Waals surface area contributed by atoms with Gasteiger partial charge in [-0.2, -0.15) is 10.4 Å². The molecule has 1 unspecified atom stereocenters. The first kappa shape index (κ1) is 22.4. The standard InChI is InChI=1S/C29H26N4O2S/c1-17-6-8-18(9-7-17)22-15-23(32-31-22)29-27(26-5-4-12-36-26)21(16-30)28-20-14-25(35-3)24(34-2)13-19(20)10-11-33(28)29/h4-9,12-14,22,31H,10-11,15H2,1-3H3. The van der Waals surface area contributed by atoms with Crippen molar-refractivity contribution >= 4 is 17.0 Å². The molecule has 2 aliphatic rings. The molecule has 0 amide bonds. The Morgan fingerprint density at radius 2 is 1.86 bits per heavy atom. The number of fused-ring (bicyclic) bond motifs is 3. The van der Waals surface area contributed by atoms with E-state index in [0.29, 0.717) is 17.1 Å². The van der Waals surface area contributed by atoms with Gasteiger partial charge in [-0.25, -0.2) is 0 Å². The molecule has 2 aromatic carbocycles. The lowest BCUT2D eigenvalue weighted by atomic mass is 9.94. The van der Waals surface area contributed by atoms with Crippen molar-refractivity contribution in [2.75, 3.05) is 14.2 Å². The van der Waals surface area contributed by atoms with Crippen molar-refractivity contribution < 1.29 is 9.47 Å². The van der Waals surface area contributed by atoms with Crippen LogP contribution in [0.15, 0.2) is 59.0 Å². The van der Waals surface area contributed by atoms with Crippen molar-refractivity contribution in [3.8, 4) is 39.3 Å². The molecule has 2 aliphatic heterocycles. The van der Waals surface area contributed by atoms with E-state index in [1.54, 1.807) is 25.6 Å². The highest BCUT2D eigenvalue weighted by Gasteiger charge is 2.34. The van der Waals surface area contributed by atoms with E-state index in [2.05, 4.69) is 58.7 Å². The van der Waals surface area contributed by atoms with E-state index < -0.39 is 0 Å². The van der Waals surface area contributed by atoms with Gasteiger partial charge in [-0.05, 0) is 48.1 Å². The molecular formula is C29H26N4O2S. The van der Waals surface area contributed by atoms with E-state index in [-0.39, 0.29) is 6.04 Å². The number of aryl methyl sites for hydroxylation is 2. The molecule has 0 radical (unpaired) electrons. The number of nitrogens with zero attached hydrogens (tertiary/aromatic N) is 3. The lowest BCUT2D eigenvalue weighted by Crippen LogP contribution is -2.17. The number of nitrogens with one attached hydrogen (secondary N) is 1. The molecule has 2 aromatic heterocycles. The second kappa shape index (κ2) is 8.89. The summed E-state index contributed by atoms with van der Waals surface area (Å²) in [6, 6.07) is 19.4. The van der Waals surface area contributed by atoms with Gasteiger partial charge in [0.15, 0.2) is 11.5 Å². The summed E-state index contributed by atoms with van der Waals surface area (Å²) in [6.45, 7) is 2.86. The fourth-order valence-electron chi connectivity index (χ4n) is 5.35. The third-order valence-electron chi connectivity index (χ3n) is 7.12. The number of hydrogen-bond donors (Lipinski definition) is 1. The summed E-state index contributed by atoms with van der Waals surface area (Å²) in [6.07, 6.45) is 1.59. The molecule has 6 nitrogen and oxygen atoms in total. The maximum Gasteiger partial charge on any atom is 0.161 e. The molecule has 0 saturated carbocycles. The van der Waals surface area contributed by atoms with Gasteiger partial charge >= 0.3 is 0 Å². The highest BCUT2D eigenvalue weighted by Crippen LogP contribution is 2.46. The van der Waals surface area contributed by atoms with Gasteiger partial charge in [-0.15, -0.1) is 11.3 Å². The molecule has 6 rings (SSSR count). The minimum absolute atomic E-state index is 0.105. The van der Waals surface area contributed by atoms with Crippen molar-refractivity contribution in [1.29, 1.82) is 5.26 Å². The maximum absolute atomic E-state index is 10.5. The Kier molecular flexibility index (Phi) is 5.54. The fraction of sp³-hybridized carbons (Fsp3) is 0.241. The molecule has 0 saturated heterocycles. The van der Waals surface area contributed by atoms with Crippen LogP contribution in [0.2, 0.25) is 0 Å². The zero-order valence-corrected chi connectivity index (χ0v) is 21.3. The molecule has 1 atom stereocenters. The Morgan fingerprint density at radius 3 is 2.56 bits per heavy atom. The normalized spacial score (nSPS) is 15.9. The minimum Gasteiger partial charge on any atom is -0.493 e. The second-order valence-corrected chi connectivity index (χ2v) is 10.1. The average molecular weight is 495 g/mol. The van der Waals surface area contributed by atoms with Crippen LogP contribution in [0.25, 0.3) is 21.7 Å². The van der Waals surface area contributed by atoms with Crippen LogP contribution in [-0.2, 0) is 13.0 Å². The molecule has 4 aromatic rings. The summed E-state index contributed by atoms with van der Waals surface area (Å²) in [5.74, 6) is 1.37. The Hall–Kier alpha value is -4.02. The number of hydrazone groups is 1. The number of rotatable bonds is 5. The van der Waals surface area contributed by atoms with Gasteiger partial charge in [0.1, 0.15) is 6.07 Å². The second-order valence-electron chi connectivity index (χ2n) is 9.16. The van der Waals surface area contributed by atoms with Gasteiger partial charge in [0.2, 0.25) is 0 Å². The summed E-state index contributed by atoms with van der Waals surface area (Å²) >= 11 is 1.65. The van der Waals surface area contributed by atoms with Gasteiger partial charge < -0.3 is 19.5 Å². The van der Waals surface area contributed by atoms with Gasteiger partial charge in [0.05, 0.1) is 42.9 Å². The van der Waals surface area contributed by atoms with Crippen LogP contribution in [0.5, 0.6) is 11.5 Å². The first-order valence-corrected chi connectivity index (χ1v) is 12.9. The predicted molar refractivity (Wildman–Crippen MR) is 143 cm³/mol. The van der Waals surface area contributed by atoms with Crippen molar-refractivity contribution in [2.24, 2.45) is 5.10 Å². The summed E-state index contributed by atoms with van der Waals surface area (Å²) in [5.41, 5.74) is 12.6. The SMILES string of the molecule is COc1cc2c(cc1OC)-c1c(C#N)c(-c3cccs3)c(C3=NNC(c4ccc(C)cc4)C3)n1CC2. The molecule has 36 heavy (non-hydrogen) atoms. The molecule has 0 fully saturated rings. The Morgan fingerprint density at radius 1 is 1.08 bits per heavy atom. The van der Waals surface area contributed by atoms with Crippen LogP contribution in [-0.4, -0.2) is 24.5 Å². The molecule has 1 N–H and O–H groups in total. The molecule has 0 bridgehead atoms. The quantitative estimate of drug-likeness (QED) is 0.365. The van der Waals surface area contributed by atoms with Crippen LogP contribution < -0.4 is 14.9 Å². The van der Waals surface area contributed by atoms with Gasteiger partial charge in [0, 0.05) is 29.0 Å². The van der Waals surface area contributed by atoms with Crippen LogP contribution in [0.1, 0.15) is 40.4 Å². The number of hydrogen-bond acceptors (Lipinski definition) is 6. The van der Waals surface area contributed by atoms with Crippen LogP contribution in [0.4, 0.5) is 0 Å². The van der Waals surface area contributed by atoms with E-state index in [1.807, 2.05) is 18.2 Å². The summed E-state index contributed by atoms with van der Waals surface area (Å²) in [4.78, 5) is 1.08. The molecule has 0 aliphatic carbocycles. The first-order chi connectivity index (χ1) is 17.6. The van der Waals surface area contributed by atoms with Crippen molar-refractivity contribution in [1.82, 2.24) is 9.99 Å². The van der Waals surface area contributed by atoms with Crippen molar-refractivity contribution in [3.63, 3.8) is 0 Å². The van der Waals surface area contributed by atoms with E-state index in [0.717, 1.165) is 58.1 Å². The number of benzene rings is 2. The Labute approximate surface area is 214 Å². The van der Waals surface area contributed by atoms with Crippen molar-refractivity contribution in [3.05, 3.63) is 81.9 Å². The minimum atomic E-state index is 0.105. The van der Waals surface area contributed by atoms with Crippen LogP contribution in [0, 0.1) is 18.3 Å². The monoisotopic (exact) mass is 494 g/mol. The topological polar surface area (TPSA) is 71.6 Å². The fourth-order valence-corrected chi connectivity index (χ4v) is 6.13. The molecule has 180 valence electrons. The maximum atomic E-state index is 10.5. The molecule has 7 heteroatoms. The van der Waals surface area contributed by atoms with E-state index in [4.69, 9.17) is 14.6 Å². The van der Waals surface area contributed by atoms with Crippen molar-refractivity contribution in [2.45, 2.75) is 32.4 Å². The van der Waals surface area contributed by atoms with E-state index in [1.165, 1.54) is 11.1 Å². The molecular weight excluding hydrogens is 468 g/mol. The van der Waals surface area contributed by atoms with Gasteiger partial charge in [0.25, 0.3) is 0 Å². The lowest BCUT2D eigenvalue weighted by Gasteiger charge is -2.23. The summed E-state index contributed by atoms with van der Waals surface area (Å²) in [5, 5.41) is 17.4. The lowest BCUT2D eigenvalue weighted by molar-refractivity contribution is 0.354. The number of aromatic nitrogens is 1. The van der Waals surface area contributed by atoms with Gasteiger partial charge in [-0.3, -0.25) is 0 Å². The van der Waals surface area contributed by atoms with Crippen LogP contribution >= 0.6 is 11.3 Å². The number of nitriles is 1. The number of thiophene rings is 1. The number of methoxy groups -OCH3 is 2. The molecule has 0 spiro atoms. The van der Waals surface area contributed by atoms with E-state index in [9.17, 15) is 5.26 Å².